The van der Waals surface area contributed by atoms with Gasteiger partial charge in [-0.2, -0.15) is 23.0 Å². The van der Waals surface area contributed by atoms with Crippen molar-refractivity contribution < 1.29 is 22.7 Å². The monoisotopic (exact) mass is 426 g/mol. The molecule has 1 atom stereocenters. The second-order valence-electron chi connectivity index (χ2n) is 7.50. The van der Waals surface area contributed by atoms with E-state index in [-0.39, 0.29) is 12.4 Å². The predicted molar refractivity (Wildman–Crippen MR) is 108 cm³/mol. The first kappa shape index (κ1) is 19.3. The number of ether oxygens (including phenoxy) is 1. The van der Waals surface area contributed by atoms with Crippen LogP contribution in [0.4, 0.5) is 18.0 Å². The highest BCUT2D eigenvalue weighted by molar-refractivity contribution is 6.08. The number of carbonyl (C=O) groups is 1. The van der Waals surface area contributed by atoms with Crippen molar-refractivity contribution in [3.05, 3.63) is 65.0 Å². The third-order valence-corrected chi connectivity index (χ3v) is 5.48. The molecule has 0 saturated heterocycles. The van der Waals surface area contributed by atoms with Crippen LogP contribution in [0.1, 0.15) is 28.6 Å². The number of pyridine rings is 1. The number of hydrogen-bond acceptors (Lipinski definition) is 4. The number of carbonyl (C=O) groups excluding carboxylic acids is 1. The molecule has 2 aromatic carbocycles. The van der Waals surface area contributed by atoms with Crippen LogP contribution in [0.2, 0.25) is 0 Å². The number of halogens is 3. The zero-order chi connectivity index (χ0) is 21.9. The molecule has 0 unspecified atom stereocenters. The van der Waals surface area contributed by atoms with Crippen LogP contribution in [0.5, 0.6) is 5.75 Å². The summed E-state index contributed by atoms with van der Waals surface area (Å²) in [6, 6.07) is 9.69. The minimum Gasteiger partial charge on any atom is -0.491 e. The Kier molecular flexibility index (Phi) is 4.18. The van der Waals surface area contributed by atoms with Crippen LogP contribution in [0.25, 0.3) is 21.8 Å². The summed E-state index contributed by atoms with van der Waals surface area (Å²) >= 11 is 0. The molecule has 9 heteroatoms. The van der Waals surface area contributed by atoms with Gasteiger partial charge in [0.15, 0.2) is 0 Å². The molecule has 1 aliphatic rings. The standard InChI is InChI=1S/C22H17F3N4O2/c1-11-19-12(2)28-29(20(19)15-5-3-4-6-16(15)26-11)21(30)27-17-10-31-18-9-13(22(23,24)25)7-8-14(17)18/h3-9,17H,10H2,1-2H3,(H,27,30)/t17-/m1/s1. The normalized spacial score (nSPS) is 15.8. The summed E-state index contributed by atoms with van der Waals surface area (Å²) in [5.41, 5.74) is 2.53. The Morgan fingerprint density at radius 2 is 1.94 bits per heavy atom. The second kappa shape index (κ2) is 6.69. The van der Waals surface area contributed by atoms with E-state index in [2.05, 4.69) is 15.4 Å². The smallest absolute Gasteiger partial charge is 0.416 e. The van der Waals surface area contributed by atoms with Crippen molar-refractivity contribution in [1.29, 1.82) is 0 Å². The van der Waals surface area contributed by atoms with E-state index in [0.29, 0.717) is 16.8 Å². The summed E-state index contributed by atoms with van der Waals surface area (Å²) in [6.07, 6.45) is -4.46. The van der Waals surface area contributed by atoms with Crippen molar-refractivity contribution in [3.63, 3.8) is 0 Å². The molecule has 2 aromatic heterocycles. The van der Waals surface area contributed by atoms with Crippen LogP contribution >= 0.6 is 0 Å². The molecule has 1 amide bonds. The van der Waals surface area contributed by atoms with Gasteiger partial charge < -0.3 is 10.1 Å². The Morgan fingerprint density at radius 3 is 2.71 bits per heavy atom. The lowest BCUT2D eigenvalue weighted by Crippen LogP contribution is -2.33. The molecule has 158 valence electrons. The van der Waals surface area contributed by atoms with Gasteiger partial charge in [0, 0.05) is 22.0 Å². The van der Waals surface area contributed by atoms with E-state index in [1.165, 1.54) is 10.7 Å². The molecule has 31 heavy (non-hydrogen) atoms. The van der Waals surface area contributed by atoms with E-state index in [0.717, 1.165) is 34.1 Å². The molecule has 6 nitrogen and oxygen atoms in total. The van der Waals surface area contributed by atoms with E-state index in [9.17, 15) is 18.0 Å². The first-order chi connectivity index (χ1) is 14.7. The molecule has 0 fully saturated rings. The largest absolute Gasteiger partial charge is 0.491 e. The van der Waals surface area contributed by atoms with Gasteiger partial charge in [-0.1, -0.05) is 24.3 Å². The van der Waals surface area contributed by atoms with Crippen molar-refractivity contribution in [2.75, 3.05) is 6.61 Å². The van der Waals surface area contributed by atoms with Gasteiger partial charge in [-0.15, -0.1) is 0 Å². The Labute approximate surface area is 174 Å². The number of nitrogens with one attached hydrogen (secondary N) is 1. The Bertz CT molecular complexity index is 1360. The third-order valence-electron chi connectivity index (χ3n) is 5.48. The highest BCUT2D eigenvalue weighted by Gasteiger charge is 2.34. The Hall–Kier alpha value is -3.62. The molecule has 0 bridgehead atoms. The van der Waals surface area contributed by atoms with Crippen LogP contribution in [-0.4, -0.2) is 27.4 Å². The number of benzene rings is 2. The molecular formula is C22H17F3N4O2. The van der Waals surface area contributed by atoms with E-state index >= 15 is 0 Å². The average molecular weight is 426 g/mol. The van der Waals surface area contributed by atoms with Crippen LogP contribution in [0.3, 0.4) is 0 Å². The molecule has 4 aromatic rings. The number of aromatic nitrogens is 3. The molecular weight excluding hydrogens is 409 g/mol. The van der Waals surface area contributed by atoms with Crippen LogP contribution in [0, 0.1) is 13.8 Å². The number of nitrogens with zero attached hydrogens (tertiary/aromatic N) is 3. The van der Waals surface area contributed by atoms with Crippen LogP contribution in [0.15, 0.2) is 42.5 Å². The van der Waals surface area contributed by atoms with Gasteiger partial charge >= 0.3 is 12.2 Å². The van der Waals surface area contributed by atoms with Crippen molar-refractivity contribution in [2.24, 2.45) is 0 Å². The van der Waals surface area contributed by atoms with Crippen molar-refractivity contribution in [1.82, 2.24) is 20.1 Å². The topological polar surface area (TPSA) is 69.0 Å². The van der Waals surface area contributed by atoms with Gasteiger partial charge in [0.1, 0.15) is 12.4 Å². The molecule has 1 aliphatic heterocycles. The van der Waals surface area contributed by atoms with E-state index in [1.807, 2.05) is 38.1 Å². The van der Waals surface area contributed by atoms with E-state index < -0.39 is 23.8 Å². The lowest BCUT2D eigenvalue weighted by atomic mass is 10.1. The number of para-hydroxylation sites is 1. The number of amides is 1. The molecule has 3 heterocycles. The maximum absolute atomic E-state index is 13.2. The van der Waals surface area contributed by atoms with Crippen LogP contribution < -0.4 is 10.1 Å². The van der Waals surface area contributed by atoms with Crippen molar-refractivity contribution in [3.8, 4) is 5.75 Å². The second-order valence-corrected chi connectivity index (χ2v) is 7.50. The van der Waals surface area contributed by atoms with Gasteiger partial charge in [0.25, 0.3) is 0 Å². The van der Waals surface area contributed by atoms with Crippen LogP contribution in [-0.2, 0) is 6.18 Å². The molecule has 0 radical (unpaired) electrons. The van der Waals surface area contributed by atoms with E-state index in [4.69, 9.17) is 4.74 Å². The number of rotatable bonds is 1. The maximum atomic E-state index is 13.2. The average Bonchev–Trinajstić information content (AvgIpc) is 3.29. The number of hydrogen-bond donors (Lipinski definition) is 1. The SMILES string of the molecule is Cc1nc2ccccc2c2c1c(C)nn2C(=O)N[C@@H]1COc2cc(C(F)(F)F)ccc21. The summed E-state index contributed by atoms with van der Waals surface area (Å²) in [6.45, 7) is 3.72. The number of alkyl halides is 3. The fourth-order valence-electron chi connectivity index (χ4n) is 4.08. The molecule has 1 N–H and O–H groups in total. The highest BCUT2D eigenvalue weighted by Crippen LogP contribution is 2.38. The van der Waals surface area contributed by atoms with E-state index in [1.54, 1.807) is 0 Å². The summed E-state index contributed by atoms with van der Waals surface area (Å²) in [4.78, 5) is 17.8. The first-order valence-corrected chi connectivity index (χ1v) is 9.63. The maximum Gasteiger partial charge on any atom is 0.416 e. The fraction of sp³-hybridized carbons (Fsp3) is 0.227. The minimum absolute atomic E-state index is 0.0435. The number of fused-ring (bicyclic) bond motifs is 4. The summed E-state index contributed by atoms with van der Waals surface area (Å²) in [5.74, 6) is 0.118. The van der Waals surface area contributed by atoms with Gasteiger partial charge in [0.05, 0.1) is 28.3 Å². The fourth-order valence-corrected chi connectivity index (χ4v) is 4.08. The lowest BCUT2D eigenvalue weighted by molar-refractivity contribution is -0.137. The zero-order valence-corrected chi connectivity index (χ0v) is 16.6. The Morgan fingerprint density at radius 1 is 1.16 bits per heavy atom. The van der Waals surface area contributed by atoms with Gasteiger partial charge in [-0.05, 0) is 32.0 Å². The summed E-state index contributed by atoms with van der Waals surface area (Å²) in [7, 11) is 0. The predicted octanol–water partition coefficient (Wildman–Crippen LogP) is 4.91. The minimum atomic E-state index is -4.46. The van der Waals surface area contributed by atoms with Gasteiger partial charge in [-0.25, -0.2) is 4.79 Å². The number of aryl methyl sites for hydroxylation is 2. The summed E-state index contributed by atoms with van der Waals surface area (Å²) < 4.78 is 45.6. The molecule has 0 spiro atoms. The Balaban J connectivity index is 1.53. The third kappa shape index (κ3) is 3.08. The lowest BCUT2D eigenvalue weighted by Gasteiger charge is -2.13. The molecule has 5 rings (SSSR count). The van der Waals surface area contributed by atoms with Crippen molar-refractivity contribution >= 4 is 27.8 Å². The quantitative estimate of drug-likeness (QED) is 0.470. The first-order valence-electron chi connectivity index (χ1n) is 9.63. The van der Waals surface area contributed by atoms with Gasteiger partial charge in [-0.3, -0.25) is 4.98 Å². The highest BCUT2D eigenvalue weighted by atomic mass is 19.4. The van der Waals surface area contributed by atoms with Gasteiger partial charge in [0.2, 0.25) is 0 Å². The molecule has 0 aliphatic carbocycles. The summed E-state index contributed by atoms with van der Waals surface area (Å²) in [5, 5.41) is 8.84. The zero-order valence-electron chi connectivity index (χ0n) is 16.6. The van der Waals surface area contributed by atoms with Crippen molar-refractivity contribution in [2.45, 2.75) is 26.1 Å². The molecule has 0 saturated carbocycles.